The number of carbonyl (C=O) groups excluding carboxylic acids is 1. The highest BCUT2D eigenvalue weighted by Crippen LogP contribution is 2.07. The van der Waals surface area contributed by atoms with E-state index in [1.165, 1.54) is 12.8 Å². The van der Waals surface area contributed by atoms with Gasteiger partial charge >= 0.3 is 5.97 Å². The Morgan fingerprint density at radius 3 is 2.57 bits per heavy atom. The number of rotatable bonds is 7. The average molecular weight is 220 g/mol. The zero-order valence-corrected chi connectivity index (χ0v) is 9.89. The topological polar surface area (TPSA) is 43.6 Å². The van der Waals surface area contributed by atoms with E-state index in [4.69, 9.17) is 4.74 Å². The summed E-state index contributed by atoms with van der Waals surface area (Å²) < 4.78 is 8.77. The first-order valence-electron chi connectivity index (χ1n) is 5.10. The molecule has 0 bridgehead atoms. The molecule has 0 fully saturated rings. The second-order valence-corrected chi connectivity index (χ2v) is 4.02. The van der Waals surface area contributed by atoms with Crippen molar-refractivity contribution < 1.29 is 14.6 Å². The SMILES string of the molecule is CC(C)CCCCCOC(CS)=[O+][O-]. The van der Waals surface area contributed by atoms with Crippen molar-refractivity contribution >= 4 is 18.6 Å². The minimum Gasteiger partial charge on any atom is -0.588 e. The summed E-state index contributed by atoms with van der Waals surface area (Å²) in [5.41, 5.74) is 0. The Morgan fingerprint density at radius 1 is 1.36 bits per heavy atom. The Bertz CT molecular complexity index is 157. The summed E-state index contributed by atoms with van der Waals surface area (Å²) in [6, 6.07) is 0. The maximum atomic E-state index is 9.96. The lowest BCUT2D eigenvalue weighted by Gasteiger charge is -2.02. The van der Waals surface area contributed by atoms with Crippen LogP contribution < -0.4 is 5.26 Å². The molecule has 0 saturated carbocycles. The highest BCUT2D eigenvalue weighted by atomic mass is 32.1. The van der Waals surface area contributed by atoms with E-state index in [-0.39, 0.29) is 11.7 Å². The van der Waals surface area contributed by atoms with E-state index >= 15 is 0 Å². The molecule has 4 heteroatoms. The lowest BCUT2D eigenvalue weighted by molar-refractivity contribution is -1.05. The van der Waals surface area contributed by atoms with Gasteiger partial charge in [0, 0.05) is 6.42 Å². The van der Waals surface area contributed by atoms with Crippen LogP contribution in [0.3, 0.4) is 0 Å². The summed E-state index contributed by atoms with van der Waals surface area (Å²) in [6.07, 6.45) is 4.57. The van der Waals surface area contributed by atoms with E-state index in [1.54, 1.807) is 0 Å². The number of unbranched alkanes of at least 4 members (excludes halogenated alkanes) is 2. The first-order valence-corrected chi connectivity index (χ1v) is 5.73. The van der Waals surface area contributed by atoms with Gasteiger partial charge in [0.2, 0.25) is 0 Å². The number of esters is 1. The van der Waals surface area contributed by atoms with Gasteiger partial charge in [-0.05, 0) is 12.3 Å². The molecule has 0 radical (unpaired) electrons. The first kappa shape index (κ1) is 13.6. The normalized spacial score (nSPS) is 12.1. The molecule has 0 unspecified atom stereocenters. The second-order valence-electron chi connectivity index (χ2n) is 3.71. The van der Waals surface area contributed by atoms with Crippen molar-refractivity contribution in [3.05, 3.63) is 0 Å². The smallest absolute Gasteiger partial charge is 0.507 e. The fourth-order valence-corrected chi connectivity index (χ4v) is 1.26. The zero-order valence-electron chi connectivity index (χ0n) is 8.99. The molecule has 3 nitrogen and oxygen atoms in total. The largest absolute Gasteiger partial charge is 0.588 e. The van der Waals surface area contributed by atoms with Gasteiger partial charge in [0.15, 0.2) is 6.61 Å². The summed E-state index contributed by atoms with van der Waals surface area (Å²) in [6.45, 7) is 4.99. The van der Waals surface area contributed by atoms with Crippen molar-refractivity contribution in [2.45, 2.75) is 39.5 Å². The van der Waals surface area contributed by atoms with Crippen molar-refractivity contribution in [3.8, 4) is 0 Å². The van der Waals surface area contributed by atoms with Crippen LogP contribution in [0.1, 0.15) is 39.5 Å². The molecule has 0 rings (SSSR count). The summed E-state index contributed by atoms with van der Waals surface area (Å²) in [4.78, 5) is 0. The van der Waals surface area contributed by atoms with Gasteiger partial charge in [0.1, 0.15) is 5.75 Å². The lowest BCUT2D eigenvalue weighted by Crippen LogP contribution is -2.16. The summed E-state index contributed by atoms with van der Waals surface area (Å²) >= 11 is 3.88. The van der Waals surface area contributed by atoms with Crippen molar-refractivity contribution in [2.24, 2.45) is 5.92 Å². The van der Waals surface area contributed by atoms with E-state index in [2.05, 4.69) is 31.1 Å². The molecule has 0 aliphatic carbocycles. The minimum absolute atomic E-state index is 0.0668. The molecular weight excluding hydrogens is 200 g/mol. The molecule has 0 aliphatic rings. The van der Waals surface area contributed by atoms with Gasteiger partial charge in [0.25, 0.3) is 0 Å². The number of hydrogen-bond donors (Lipinski definition) is 1. The molecule has 84 valence electrons. The number of ether oxygens (including phenoxy) is 1. The molecule has 14 heavy (non-hydrogen) atoms. The van der Waals surface area contributed by atoms with Crippen LogP contribution in [0.25, 0.3) is 0 Å². The highest BCUT2D eigenvalue weighted by molar-refractivity contribution is 7.81. The molecule has 0 amide bonds. The molecule has 0 aromatic rings. The van der Waals surface area contributed by atoms with Crippen LogP contribution in [0.5, 0.6) is 0 Å². The zero-order chi connectivity index (χ0) is 10.8. The molecular formula is C10H20O3S. The van der Waals surface area contributed by atoms with Gasteiger partial charge in [-0.25, -0.2) is 0 Å². The van der Waals surface area contributed by atoms with Crippen LogP contribution in [-0.4, -0.2) is 18.3 Å². The summed E-state index contributed by atoms with van der Waals surface area (Å²) in [7, 11) is 0. The quantitative estimate of drug-likeness (QED) is 0.176. The maximum Gasteiger partial charge on any atom is 0.507 e. The van der Waals surface area contributed by atoms with Crippen molar-refractivity contribution in [3.63, 3.8) is 0 Å². The van der Waals surface area contributed by atoms with Crippen LogP contribution in [0.4, 0.5) is 0 Å². The predicted molar refractivity (Wildman–Crippen MR) is 58.1 cm³/mol. The van der Waals surface area contributed by atoms with Gasteiger partial charge in [-0.15, -0.1) is 0 Å². The van der Waals surface area contributed by atoms with E-state index in [9.17, 15) is 5.26 Å². The Labute approximate surface area is 91.5 Å². The molecule has 0 spiro atoms. The summed E-state index contributed by atoms with van der Waals surface area (Å²) in [5.74, 6) is 1.06. The highest BCUT2D eigenvalue weighted by Gasteiger charge is 2.09. The van der Waals surface area contributed by atoms with Gasteiger partial charge in [0.05, 0.1) is 0 Å². The standard InChI is InChI=1S/C10H20O3S/c1-9(2)6-4-3-5-7-12-10(8-14)13-11/h9,14H,3-8H2,1-2H3. The fourth-order valence-electron chi connectivity index (χ4n) is 1.11. The molecule has 0 N–H and O–H groups in total. The molecule has 0 aromatic heterocycles. The van der Waals surface area contributed by atoms with E-state index < -0.39 is 0 Å². The second kappa shape index (κ2) is 9.19. The van der Waals surface area contributed by atoms with Crippen molar-refractivity contribution in [1.29, 1.82) is 0 Å². The van der Waals surface area contributed by atoms with Crippen LogP contribution in [-0.2, 0) is 9.31 Å². The monoisotopic (exact) mass is 220 g/mol. The van der Waals surface area contributed by atoms with E-state index in [0.717, 1.165) is 18.8 Å². The summed E-state index contributed by atoms with van der Waals surface area (Å²) in [5, 5.41) is 9.96. The van der Waals surface area contributed by atoms with Crippen LogP contribution >= 0.6 is 12.6 Å². The average Bonchev–Trinajstić information content (AvgIpc) is 2.16. The third-order valence-electron chi connectivity index (χ3n) is 1.91. The molecule has 0 aliphatic heterocycles. The van der Waals surface area contributed by atoms with Gasteiger partial charge in [-0.1, -0.05) is 26.7 Å². The Morgan fingerprint density at radius 2 is 2.07 bits per heavy atom. The third-order valence-corrected chi connectivity index (χ3v) is 2.17. The van der Waals surface area contributed by atoms with Crippen molar-refractivity contribution in [1.82, 2.24) is 0 Å². The van der Waals surface area contributed by atoms with Gasteiger partial charge in [-0.2, -0.15) is 12.6 Å². The maximum absolute atomic E-state index is 9.96. The Balaban J connectivity index is 3.21. The minimum atomic E-state index is 0.0668. The van der Waals surface area contributed by atoms with E-state index in [1.807, 2.05) is 0 Å². The van der Waals surface area contributed by atoms with Gasteiger partial charge in [-0.3, -0.25) is 4.58 Å². The van der Waals surface area contributed by atoms with Crippen molar-refractivity contribution in [2.75, 3.05) is 12.4 Å². The Kier molecular flexibility index (Phi) is 8.94. The molecule has 0 aromatic carbocycles. The Hall–Kier alpha value is -0.380. The molecule has 0 saturated heterocycles. The predicted octanol–water partition coefficient (Wildman–Crippen LogP) is 1.49. The fraction of sp³-hybridized carbons (Fsp3) is 0.900. The molecule has 0 atom stereocenters. The number of thiol groups is 1. The van der Waals surface area contributed by atoms with Crippen LogP contribution in [0.2, 0.25) is 0 Å². The number of hydrogen-bond acceptors (Lipinski definition) is 3. The van der Waals surface area contributed by atoms with E-state index in [0.29, 0.717) is 6.61 Å². The lowest BCUT2D eigenvalue weighted by atomic mass is 10.1. The molecule has 0 heterocycles. The van der Waals surface area contributed by atoms with Crippen LogP contribution in [0.15, 0.2) is 0 Å². The van der Waals surface area contributed by atoms with Crippen LogP contribution in [0, 0.1) is 5.92 Å². The third kappa shape index (κ3) is 8.23. The first-order chi connectivity index (χ1) is 6.70. The van der Waals surface area contributed by atoms with Gasteiger partial charge < -0.3 is 9.99 Å².